The van der Waals surface area contributed by atoms with Gasteiger partial charge in [0.15, 0.2) is 6.10 Å². The zero-order valence-corrected chi connectivity index (χ0v) is 14.3. The molecule has 24 heavy (non-hydrogen) atoms. The number of carbonyl (C=O) groups excluding carboxylic acids is 1. The minimum absolute atomic E-state index is 0.511. The van der Waals surface area contributed by atoms with Crippen molar-refractivity contribution in [3.05, 3.63) is 82.3 Å². The maximum atomic E-state index is 11.9. The highest BCUT2D eigenvalue weighted by Gasteiger charge is 2.16. The van der Waals surface area contributed by atoms with E-state index in [4.69, 9.17) is 0 Å². The third kappa shape index (κ3) is 3.88. The summed E-state index contributed by atoms with van der Waals surface area (Å²) in [5.41, 5.74) is 3.74. The summed E-state index contributed by atoms with van der Waals surface area (Å²) in [4.78, 5) is 11.9. The predicted molar refractivity (Wildman–Crippen MR) is 98.8 cm³/mol. The van der Waals surface area contributed by atoms with Gasteiger partial charge in [-0.1, -0.05) is 64.5 Å². The molecule has 120 valence electrons. The van der Waals surface area contributed by atoms with E-state index >= 15 is 0 Å². The molecule has 0 radical (unpaired) electrons. The van der Waals surface area contributed by atoms with Crippen molar-refractivity contribution in [2.75, 3.05) is 0 Å². The van der Waals surface area contributed by atoms with E-state index in [0.29, 0.717) is 5.56 Å². The van der Waals surface area contributed by atoms with E-state index in [-0.39, 0.29) is 0 Å². The predicted octanol–water partition coefficient (Wildman–Crippen LogP) is 3.79. The average molecular weight is 383 g/mol. The van der Waals surface area contributed by atoms with Gasteiger partial charge in [0.25, 0.3) is 5.91 Å². The van der Waals surface area contributed by atoms with Crippen molar-refractivity contribution in [1.29, 1.82) is 0 Å². The van der Waals surface area contributed by atoms with Gasteiger partial charge in [-0.25, -0.2) is 5.43 Å². The third-order valence-electron chi connectivity index (χ3n) is 3.60. The summed E-state index contributed by atoms with van der Waals surface area (Å²) < 4.78 is 0.883. The maximum Gasteiger partial charge on any atom is 0.273 e. The highest BCUT2D eigenvalue weighted by molar-refractivity contribution is 9.10. The number of fused-ring (bicyclic) bond motifs is 1. The summed E-state index contributed by atoms with van der Waals surface area (Å²) in [6.45, 7) is 0. The molecule has 0 spiro atoms. The molecule has 0 saturated heterocycles. The first-order chi connectivity index (χ1) is 11.6. The number of hydrogen-bond acceptors (Lipinski definition) is 3. The molecule has 1 unspecified atom stereocenters. The Bertz CT molecular complexity index is 891. The fourth-order valence-corrected chi connectivity index (χ4v) is 2.58. The second kappa shape index (κ2) is 7.38. The Morgan fingerprint density at radius 2 is 1.75 bits per heavy atom. The average Bonchev–Trinajstić information content (AvgIpc) is 2.61. The topological polar surface area (TPSA) is 61.7 Å². The zero-order chi connectivity index (χ0) is 16.9. The Hall–Kier alpha value is -2.50. The summed E-state index contributed by atoms with van der Waals surface area (Å²) in [7, 11) is 0. The number of hydrogen-bond donors (Lipinski definition) is 2. The van der Waals surface area contributed by atoms with Crippen LogP contribution in [0.3, 0.4) is 0 Å². The highest BCUT2D eigenvalue weighted by Crippen LogP contribution is 2.17. The van der Waals surface area contributed by atoms with Gasteiger partial charge in [-0.2, -0.15) is 5.10 Å². The van der Waals surface area contributed by atoms with Crippen molar-refractivity contribution in [2.24, 2.45) is 5.10 Å². The first-order valence-electron chi connectivity index (χ1n) is 7.39. The van der Waals surface area contributed by atoms with Gasteiger partial charge in [-0.05, 0) is 40.1 Å². The van der Waals surface area contributed by atoms with Gasteiger partial charge in [0.2, 0.25) is 0 Å². The van der Waals surface area contributed by atoms with Crippen molar-refractivity contribution < 1.29 is 9.90 Å². The van der Waals surface area contributed by atoms with Gasteiger partial charge in [-0.15, -0.1) is 0 Å². The lowest BCUT2D eigenvalue weighted by atomic mass is 10.1. The summed E-state index contributed by atoms with van der Waals surface area (Å²) >= 11 is 3.31. The van der Waals surface area contributed by atoms with E-state index in [9.17, 15) is 9.90 Å². The summed E-state index contributed by atoms with van der Waals surface area (Å²) in [6.07, 6.45) is 0.297. The lowest BCUT2D eigenvalue weighted by Crippen LogP contribution is -2.25. The maximum absolute atomic E-state index is 11.9. The third-order valence-corrected chi connectivity index (χ3v) is 4.12. The van der Waals surface area contributed by atoms with Crippen LogP contribution in [-0.2, 0) is 4.79 Å². The number of halogens is 1. The van der Waals surface area contributed by atoms with Crippen molar-refractivity contribution in [1.82, 2.24) is 5.43 Å². The van der Waals surface area contributed by atoms with Gasteiger partial charge in [0.1, 0.15) is 0 Å². The van der Waals surface area contributed by atoms with Crippen LogP contribution in [0.15, 0.2) is 76.3 Å². The number of nitrogens with zero attached hydrogens (tertiary/aromatic N) is 1. The van der Waals surface area contributed by atoms with Crippen LogP contribution in [0.4, 0.5) is 0 Å². The van der Waals surface area contributed by atoms with Gasteiger partial charge >= 0.3 is 0 Å². The molecule has 0 heterocycles. The number of carbonyl (C=O) groups is 1. The Morgan fingerprint density at radius 3 is 2.50 bits per heavy atom. The van der Waals surface area contributed by atoms with E-state index in [1.807, 2.05) is 42.5 Å². The van der Waals surface area contributed by atoms with Gasteiger partial charge in [0, 0.05) is 4.47 Å². The number of aliphatic hydroxyl groups is 1. The molecule has 3 rings (SSSR count). The Balaban J connectivity index is 1.66. The first-order valence-corrected chi connectivity index (χ1v) is 8.18. The molecule has 4 nitrogen and oxygen atoms in total. The lowest BCUT2D eigenvalue weighted by Gasteiger charge is -2.09. The standard InChI is InChI=1S/C19H15BrN2O2/c20-17-9-7-15(8-10-17)18(23)19(24)22-21-12-13-5-6-14-3-1-2-4-16(14)11-13/h1-12,18,23H,(H,22,24)/b21-12+. The zero-order valence-electron chi connectivity index (χ0n) is 12.7. The van der Waals surface area contributed by atoms with Gasteiger partial charge < -0.3 is 5.11 Å². The van der Waals surface area contributed by atoms with Gasteiger partial charge in [-0.3, -0.25) is 4.79 Å². The molecule has 0 saturated carbocycles. The minimum atomic E-state index is -1.26. The summed E-state index contributed by atoms with van der Waals surface area (Å²) in [5.74, 6) is -0.575. The normalized spacial score (nSPS) is 12.4. The van der Waals surface area contributed by atoms with E-state index in [1.165, 1.54) is 0 Å². The first kappa shape index (κ1) is 16.4. The molecule has 0 aliphatic heterocycles. The number of aliphatic hydroxyl groups excluding tert-OH is 1. The van der Waals surface area contributed by atoms with E-state index in [2.05, 4.69) is 26.5 Å². The SMILES string of the molecule is O=C(N/N=C/c1ccc2ccccc2c1)C(O)c1ccc(Br)cc1. The van der Waals surface area contributed by atoms with Crippen molar-refractivity contribution in [3.63, 3.8) is 0 Å². The van der Waals surface area contributed by atoms with E-state index < -0.39 is 12.0 Å². The fraction of sp³-hybridized carbons (Fsp3) is 0.0526. The van der Waals surface area contributed by atoms with Gasteiger partial charge in [0.05, 0.1) is 6.21 Å². The quantitative estimate of drug-likeness (QED) is 0.532. The molecule has 5 heteroatoms. The lowest BCUT2D eigenvalue weighted by molar-refractivity contribution is -0.129. The van der Waals surface area contributed by atoms with Crippen LogP contribution in [-0.4, -0.2) is 17.2 Å². The number of rotatable bonds is 4. The van der Waals surface area contributed by atoms with E-state index in [1.54, 1.807) is 30.5 Å². The smallest absolute Gasteiger partial charge is 0.273 e. The summed E-state index contributed by atoms with van der Waals surface area (Å²) in [6, 6.07) is 20.8. The molecule has 0 aliphatic carbocycles. The molecule has 0 bridgehead atoms. The molecular weight excluding hydrogens is 368 g/mol. The molecule has 1 amide bonds. The highest BCUT2D eigenvalue weighted by atomic mass is 79.9. The van der Waals surface area contributed by atoms with Crippen molar-refractivity contribution in [3.8, 4) is 0 Å². The minimum Gasteiger partial charge on any atom is -0.378 e. The Morgan fingerprint density at radius 1 is 1.04 bits per heavy atom. The molecule has 3 aromatic carbocycles. The van der Waals surface area contributed by atoms with Crippen LogP contribution in [0.25, 0.3) is 10.8 Å². The number of hydrazone groups is 1. The van der Waals surface area contributed by atoms with Crippen molar-refractivity contribution in [2.45, 2.75) is 6.10 Å². The molecule has 0 fully saturated rings. The monoisotopic (exact) mass is 382 g/mol. The van der Waals surface area contributed by atoms with Crippen LogP contribution in [0, 0.1) is 0 Å². The Kier molecular flexibility index (Phi) is 5.03. The van der Waals surface area contributed by atoms with Crippen LogP contribution < -0.4 is 5.43 Å². The van der Waals surface area contributed by atoms with Crippen molar-refractivity contribution >= 4 is 38.8 Å². The molecule has 2 N–H and O–H groups in total. The van der Waals surface area contributed by atoms with Crippen LogP contribution in [0.1, 0.15) is 17.2 Å². The number of benzene rings is 3. The molecule has 3 aromatic rings. The summed E-state index contributed by atoms with van der Waals surface area (Å²) in [5, 5.41) is 16.2. The molecule has 1 atom stereocenters. The number of amides is 1. The van der Waals surface area contributed by atoms with Crippen LogP contribution in [0.2, 0.25) is 0 Å². The largest absolute Gasteiger partial charge is 0.378 e. The Labute approximate surface area is 148 Å². The molecule has 0 aliphatic rings. The van der Waals surface area contributed by atoms with Crippen LogP contribution >= 0.6 is 15.9 Å². The molecule has 0 aromatic heterocycles. The number of nitrogens with one attached hydrogen (secondary N) is 1. The fourth-order valence-electron chi connectivity index (χ4n) is 2.32. The molecular formula is C19H15BrN2O2. The van der Waals surface area contributed by atoms with Crippen LogP contribution in [0.5, 0.6) is 0 Å². The second-order valence-corrected chi connectivity index (χ2v) is 6.21. The second-order valence-electron chi connectivity index (χ2n) is 5.29. The van der Waals surface area contributed by atoms with E-state index in [0.717, 1.165) is 20.8 Å².